The maximum absolute atomic E-state index is 13.3. The molecule has 0 atom stereocenters. The molecule has 0 radical (unpaired) electrons. The highest BCUT2D eigenvalue weighted by molar-refractivity contribution is 7.92. The smallest absolute Gasteiger partial charge is 0.270 e. The zero-order chi connectivity index (χ0) is 24.9. The van der Waals surface area contributed by atoms with Crippen LogP contribution in [0.1, 0.15) is 11.1 Å². The second kappa shape index (κ2) is 10.6. The lowest BCUT2D eigenvalue weighted by Gasteiger charge is -2.24. The average Bonchev–Trinajstić information content (AvgIpc) is 2.78. The molecule has 0 aliphatic carbocycles. The summed E-state index contributed by atoms with van der Waals surface area (Å²) in [6.45, 7) is 1.22. The number of nitrogens with zero attached hydrogens (tertiary/aromatic N) is 3. The van der Waals surface area contributed by atoms with Crippen molar-refractivity contribution in [3.63, 3.8) is 0 Å². The summed E-state index contributed by atoms with van der Waals surface area (Å²) in [5.74, 6) is -0.756. The highest BCUT2D eigenvalue weighted by atomic mass is 35.5. The van der Waals surface area contributed by atoms with E-state index in [4.69, 9.17) is 23.2 Å². The van der Waals surface area contributed by atoms with Crippen LogP contribution in [-0.4, -0.2) is 32.0 Å². The molecule has 0 saturated carbocycles. The molecule has 0 fully saturated rings. The van der Waals surface area contributed by atoms with Crippen LogP contribution in [0, 0.1) is 17.0 Å². The summed E-state index contributed by atoms with van der Waals surface area (Å²) < 4.78 is 27.5. The van der Waals surface area contributed by atoms with Crippen LogP contribution in [0.25, 0.3) is 0 Å². The van der Waals surface area contributed by atoms with Crippen molar-refractivity contribution >= 4 is 56.7 Å². The van der Waals surface area contributed by atoms with Crippen LogP contribution in [0.3, 0.4) is 0 Å². The molecule has 1 N–H and O–H groups in total. The standard InChI is InChI=1S/C22H18Cl2N4O5S/c1-15-5-8-20(9-6-15)34(32,33)27(18-4-2-3-17(23)12-18)14-22(29)26-25-13-16-11-19(28(30)31)7-10-21(16)24/h2-13H,14H2,1H3,(H,26,29)/b25-13-. The Balaban J connectivity index is 1.85. The van der Waals surface area contributed by atoms with Crippen LogP contribution in [0.4, 0.5) is 11.4 Å². The van der Waals surface area contributed by atoms with Crippen molar-refractivity contribution in [1.82, 2.24) is 5.43 Å². The van der Waals surface area contributed by atoms with E-state index in [1.807, 2.05) is 6.92 Å². The molecule has 176 valence electrons. The Morgan fingerprint density at radius 3 is 2.47 bits per heavy atom. The van der Waals surface area contributed by atoms with Gasteiger partial charge in [-0.15, -0.1) is 0 Å². The van der Waals surface area contributed by atoms with Crippen LogP contribution < -0.4 is 9.73 Å². The molecule has 12 heteroatoms. The van der Waals surface area contributed by atoms with Crippen molar-refractivity contribution in [1.29, 1.82) is 0 Å². The van der Waals surface area contributed by atoms with E-state index < -0.39 is 27.4 Å². The van der Waals surface area contributed by atoms with Gasteiger partial charge in [-0.3, -0.25) is 19.2 Å². The predicted octanol–water partition coefficient (Wildman–Crippen LogP) is 4.56. The van der Waals surface area contributed by atoms with Gasteiger partial charge in [0.15, 0.2) is 0 Å². The molecule has 0 spiro atoms. The minimum absolute atomic E-state index is 0.00208. The summed E-state index contributed by atoms with van der Waals surface area (Å²) in [4.78, 5) is 22.9. The van der Waals surface area contributed by atoms with Crippen molar-refractivity contribution in [3.05, 3.63) is 98.0 Å². The van der Waals surface area contributed by atoms with Crippen molar-refractivity contribution in [2.24, 2.45) is 5.10 Å². The Labute approximate surface area is 205 Å². The van der Waals surface area contributed by atoms with E-state index in [1.54, 1.807) is 24.3 Å². The number of anilines is 1. The maximum Gasteiger partial charge on any atom is 0.270 e. The van der Waals surface area contributed by atoms with Crippen LogP contribution in [-0.2, 0) is 14.8 Å². The molecule has 0 aliphatic rings. The maximum atomic E-state index is 13.3. The summed E-state index contributed by atoms with van der Waals surface area (Å²) in [7, 11) is -4.12. The summed E-state index contributed by atoms with van der Waals surface area (Å²) in [6.07, 6.45) is 1.13. The first-order valence-corrected chi connectivity index (χ1v) is 11.9. The van der Waals surface area contributed by atoms with Crippen LogP contribution in [0.2, 0.25) is 10.0 Å². The Hall–Kier alpha value is -3.47. The fraction of sp³-hybridized carbons (Fsp3) is 0.0909. The number of benzene rings is 3. The Morgan fingerprint density at radius 1 is 1.12 bits per heavy atom. The van der Waals surface area contributed by atoms with E-state index in [0.29, 0.717) is 5.02 Å². The first-order chi connectivity index (χ1) is 16.1. The molecule has 3 rings (SSSR count). The van der Waals surface area contributed by atoms with Gasteiger partial charge in [-0.1, -0.05) is 47.0 Å². The lowest BCUT2D eigenvalue weighted by Crippen LogP contribution is -2.39. The molecule has 0 saturated heterocycles. The Morgan fingerprint density at radius 2 is 1.82 bits per heavy atom. The average molecular weight is 521 g/mol. The van der Waals surface area contributed by atoms with Crippen LogP contribution >= 0.6 is 23.2 Å². The summed E-state index contributed by atoms with van der Waals surface area (Å²) >= 11 is 12.0. The van der Waals surface area contributed by atoms with Crippen molar-refractivity contribution in [3.8, 4) is 0 Å². The number of carbonyl (C=O) groups excluding carboxylic acids is 1. The molecule has 0 aliphatic heterocycles. The summed E-state index contributed by atoms with van der Waals surface area (Å²) in [5.41, 5.74) is 3.28. The first-order valence-electron chi connectivity index (χ1n) is 9.69. The molecule has 9 nitrogen and oxygen atoms in total. The van der Waals surface area contributed by atoms with Gasteiger partial charge in [-0.05, 0) is 43.3 Å². The molecule has 0 bridgehead atoms. The summed E-state index contributed by atoms with van der Waals surface area (Å²) in [6, 6.07) is 16.0. The number of halogens is 2. The fourth-order valence-corrected chi connectivity index (χ4v) is 4.63. The number of rotatable bonds is 8. The van der Waals surface area contributed by atoms with Gasteiger partial charge in [-0.25, -0.2) is 13.8 Å². The summed E-state index contributed by atoms with van der Waals surface area (Å²) in [5, 5.41) is 15.2. The molecular weight excluding hydrogens is 503 g/mol. The molecule has 0 unspecified atom stereocenters. The van der Waals surface area contributed by atoms with Crippen LogP contribution in [0.15, 0.2) is 76.7 Å². The van der Waals surface area contributed by atoms with Gasteiger partial charge in [0.05, 0.1) is 21.7 Å². The van der Waals surface area contributed by atoms with E-state index in [-0.39, 0.29) is 26.9 Å². The third kappa shape index (κ3) is 6.10. The van der Waals surface area contributed by atoms with E-state index in [9.17, 15) is 23.3 Å². The van der Waals surface area contributed by atoms with E-state index in [2.05, 4.69) is 10.5 Å². The Kier molecular flexibility index (Phi) is 7.87. The zero-order valence-corrected chi connectivity index (χ0v) is 20.0. The normalized spacial score (nSPS) is 11.4. The highest BCUT2D eigenvalue weighted by Gasteiger charge is 2.27. The number of non-ortho nitro benzene ring substituents is 1. The van der Waals surface area contributed by atoms with E-state index in [0.717, 1.165) is 16.1 Å². The van der Waals surface area contributed by atoms with Crippen molar-refractivity contribution in [2.75, 3.05) is 10.8 Å². The number of nitrogens with one attached hydrogen (secondary N) is 1. The zero-order valence-electron chi connectivity index (χ0n) is 17.7. The van der Waals surface area contributed by atoms with Gasteiger partial charge >= 0.3 is 0 Å². The van der Waals surface area contributed by atoms with E-state index in [1.165, 1.54) is 42.5 Å². The number of sulfonamides is 1. The third-order valence-corrected chi connectivity index (χ3v) is 6.94. The highest BCUT2D eigenvalue weighted by Crippen LogP contribution is 2.26. The minimum atomic E-state index is -4.12. The lowest BCUT2D eigenvalue weighted by atomic mass is 10.2. The van der Waals surface area contributed by atoms with Gasteiger partial charge in [0, 0.05) is 27.7 Å². The number of nitro benzene ring substituents is 1. The number of aryl methyl sites for hydroxylation is 1. The Bertz CT molecular complexity index is 1360. The minimum Gasteiger partial charge on any atom is -0.271 e. The molecule has 34 heavy (non-hydrogen) atoms. The molecule has 0 aromatic heterocycles. The van der Waals surface area contributed by atoms with Crippen molar-refractivity contribution in [2.45, 2.75) is 11.8 Å². The lowest BCUT2D eigenvalue weighted by molar-refractivity contribution is -0.384. The third-order valence-electron chi connectivity index (χ3n) is 4.58. The second-order valence-corrected chi connectivity index (χ2v) is 9.77. The van der Waals surface area contributed by atoms with Gasteiger partial charge in [-0.2, -0.15) is 5.10 Å². The van der Waals surface area contributed by atoms with Gasteiger partial charge in [0.25, 0.3) is 21.6 Å². The SMILES string of the molecule is Cc1ccc(S(=O)(=O)N(CC(=O)N/N=C\c2cc([N+](=O)[O-])ccc2Cl)c2cccc(Cl)c2)cc1. The topological polar surface area (TPSA) is 122 Å². The monoisotopic (exact) mass is 520 g/mol. The molecule has 3 aromatic rings. The largest absolute Gasteiger partial charge is 0.271 e. The number of nitro groups is 1. The molecule has 0 heterocycles. The number of hydrogen-bond acceptors (Lipinski definition) is 6. The predicted molar refractivity (Wildman–Crippen MR) is 131 cm³/mol. The fourth-order valence-electron chi connectivity index (χ4n) is 2.87. The number of hydrogen-bond donors (Lipinski definition) is 1. The number of amides is 1. The molecule has 3 aromatic carbocycles. The molecule has 1 amide bonds. The number of hydrazone groups is 1. The molecular formula is C22H18Cl2N4O5S. The quantitative estimate of drug-likeness (QED) is 0.265. The van der Waals surface area contributed by atoms with E-state index >= 15 is 0 Å². The van der Waals surface area contributed by atoms with Gasteiger partial charge in [0.1, 0.15) is 6.54 Å². The van der Waals surface area contributed by atoms with Crippen molar-refractivity contribution < 1.29 is 18.1 Å². The second-order valence-electron chi connectivity index (χ2n) is 7.06. The van der Waals surface area contributed by atoms with Gasteiger partial charge < -0.3 is 0 Å². The van der Waals surface area contributed by atoms with Gasteiger partial charge in [0.2, 0.25) is 0 Å². The first kappa shape index (κ1) is 25.2. The van der Waals surface area contributed by atoms with Crippen LogP contribution in [0.5, 0.6) is 0 Å². The number of carbonyl (C=O) groups is 1.